The molecule has 7 nitrogen and oxygen atoms in total. The van der Waals surface area contributed by atoms with Crippen LogP contribution in [0.15, 0.2) is 5.10 Å². The minimum atomic E-state index is -3.05. The predicted molar refractivity (Wildman–Crippen MR) is 64.6 cm³/mol. The molecule has 0 aromatic rings. The van der Waals surface area contributed by atoms with Gasteiger partial charge in [-0.15, -0.1) is 0 Å². The van der Waals surface area contributed by atoms with Gasteiger partial charge in [0.2, 0.25) is 5.91 Å². The largest absolute Gasteiger partial charge is 0.350 e. The monoisotopic (exact) mass is 273 g/mol. The van der Waals surface area contributed by atoms with Gasteiger partial charge in [0.05, 0.1) is 11.0 Å². The van der Waals surface area contributed by atoms with E-state index in [-0.39, 0.29) is 36.8 Å². The smallest absolute Gasteiger partial charge is 0.267 e. The zero-order valence-electron chi connectivity index (χ0n) is 9.81. The number of hydrogen-bond donors (Lipinski definition) is 2. The molecule has 0 aromatic carbocycles. The van der Waals surface area contributed by atoms with Crippen LogP contribution >= 0.6 is 0 Å². The number of sulfone groups is 1. The van der Waals surface area contributed by atoms with Gasteiger partial charge in [-0.2, -0.15) is 5.10 Å². The summed E-state index contributed by atoms with van der Waals surface area (Å²) >= 11 is 0. The summed E-state index contributed by atoms with van der Waals surface area (Å²) in [6, 6.07) is 0. The molecular formula is C10H15N3O4S. The molecule has 8 heteroatoms. The van der Waals surface area contributed by atoms with Gasteiger partial charge in [-0.1, -0.05) is 0 Å². The number of nitrogens with one attached hydrogen (secondary N) is 2. The number of rotatable bonds is 3. The van der Waals surface area contributed by atoms with Crippen LogP contribution in [0.4, 0.5) is 0 Å². The van der Waals surface area contributed by atoms with Crippen LogP contribution in [-0.4, -0.2) is 43.5 Å². The van der Waals surface area contributed by atoms with Gasteiger partial charge in [0.1, 0.15) is 5.71 Å². The first-order chi connectivity index (χ1) is 8.49. The molecule has 2 rings (SSSR count). The molecular weight excluding hydrogens is 258 g/mol. The van der Waals surface area contributed by atoms with E-state index >= 15 is 0 Å². The van der Waals surface area contributed by atoms with Crippen LogP contribution in [0.1, 0.15) is 25.7 Å². The lowest BCUT2D eigenvalue weighted by atomic mass is 10.1. The molecule has 2 aliphatic rings. The highest BCUT2D eigenvalue weighted by Gasteiger charge is 2.31. The summed E-state index contributed by atoms with van der Waals surface area (Å²) < 4.78 is 23.1. The van der Waals surface area contributed by atoms with Crippen molar-refractivity contribution in [1.29, 1.82) is 0 Å². The Labute approximate surface area is 105 Å². The highest BCUT2D eigenvalue weighted by molar-refractivity contribution is 7.92. The Morgan fingerprint density at radius 3 is 2.78 bits per heavy atom. The van der Waals surface area contributed by atoms with Crippen molar-refractivity contribution < 1.29 is 18.0 Å². The summed E-state index contributed by atoms with van der Waals surface area (Å²) in [4.78, 5) is 22.5. The standard InChI is InChI=1S/C10H15N3O4S/c14-9-4-3-8(12-13-9)10(15)11-6-7-2-1-5-18(7,16)17/h7H,1-6H2,(H,11,15)(H,13,14). The van der Waals surface area contributed by atoms with Gasteiger partial charge in [0, 0.05) is 19.4 Å². The van der Waals surface area contributed by atoms with E-state index in [0.29, 0.717) is 12.8 Å². The molecule has 1 fully saturated rings. The Bertz CT molecular complexity index is 497. The molecule has 0 saturated carbocycles. The summed E-state index contributed by atoms with van der Waals surface area (Å²) in [5.74, 6) is -0.424. The Balaban J connectivity index is 1.87. The van der Waals surface area contributed by atoms with Gasteiger partial charge in [-0.05, 0) is 12.8 Å². The third-order valence-electron chi connectivity index (χ3n) is 3.12. The predicted octanol–water partition coefficient (Wildman–Crippen LogP) is -1.05. The van der Waals surface area contributed by atoms with E-state index < -0.39 is 21.0 Å². The molecule has 2 heterocycles. The van der Waals surface area contributed by atoms with Crippen LogP contribution in [0.5, 0.6) is 0 Å². The first-order valence-corrected chi connectivity index (χ1v) is 7.56. The Hall–Kier alpha value is -1.44. The van der Waals surface area contributed by atoms with Gasteiger partial charge in [-0.3, -0.25) is 9.59 Å². The lowest BCUT2D eigenvalue weighted by molar-refractivity contribution is -0.121. The summed E-state index contributed by atoms with van der Waals surface area (Å²) in [5, 5.41) is 5.73. The quantitative estimate of drug-likeness (QED) is 0.684. The van der Waals surface area contributed by atoms with Gasteiger partial charge in [0.15, 0.2) is 9.84 Å². The second-order valence-corrected chi connectivity index (χ2v) is 6.84. The van der Waals surface area contributed by atoms with Crippen LogP contribution in [0, 0.1) is 0 Å². The van der Waals surface area contributed by atoms with E-state index in [9.17, 15) is 18.0 Å². The van der Waals surface area contributed by atoms with Crippen LogP contribution in [0.3, 0.4) is 0 Å². The van der Waals surface area contributed by atoms with Crippen LogP contribution in [0.2, 0.25) is 0 Å². The van der Waals surface area contributed by atoms with Gasteiger partial charge in [-0.25, -0.2) is 13.8 Å². The zero-order chi connectivity index (χ0) is 13.2. The molecule has 0 radical (unpaired) electrons. The normalized spacial score (nSPS) is 26.3. The van der Waals surface area contributed by atoms with Gasteiger partial charge < -0.3 is 5.32 Å². The third-order valence-corrected chi connectivity index (χ3v) is 5.40. The molecule has 1 atom stereocenters. The molecule has 2 aliphatic heterocycles. The Kier molecular flexibility index (Phi) is 3.65. The molecule has 100 valence electrons. The number of amides is 2. The van der Waals surface area contributed by atoms with Gasteiger partial charge >= 0.3 is 0 Å². The lowest BCUT2D eigenvalue weighted by Crippen LogP contribution is -2.41. The zero-order valence-corrected chi connectivity index (χ0v) is 10.6. The second-order valence-electron chi connectivity index (χ2n) is 4.43. The van der Waals surface area contributed by atoms with Crippen molar-refractivity contribution in [3.05, 3.63) is 0 Å². The molecule has 1 saturated heterocycles. The summed E-state index contributed by atoms with van der Waals surface area (Å²) in [5.41, 5.74) is 2.47. The summed E-state index contributed by atoms with van der Waals surface area (Å²) in [6.45, 7) is 0.119. The topological polar surface area (TPSA) is 105 Å². The van der Waals surface area contributed by atoms with Crippen molar-refractivity contribution in [2.24, 2.45) is 5.10 Å². The van der Waals surface area contributed by atoms with Crippen LogP contribution < -0.4 is 10.7 Å². The fourth-order valence-electron chi connectivity index (χ4n) is 2.03. The van der Waals surface area contributed by atoms with E-state index in [0.717, 1.165) is 0 Å². The highest BCUT2D eigenvalue weighted by Crippen LogP contribution is 2.19. The number of carbonyl (C=O) groups is 2. The maximum atomic E-state index is 11.7. The average Bonchev–Trinajstić information content (AvgIpc) is 2.66. The molecule has 0 bridgehead atoms. The number of carbonyl (C=O) groups excluding carboxylic acids is 2. The lowest BCUT2D eigenvalue weighted by Gasteiger charge is -2.14. The van der Waals surface area contributed by atoms with Gasteiger partial charge in [0.25, 0.3) is 5.91 Å². The number of nitrogens with zero attached hydrogens (tertiary/aromatic N) is 1. The average molecular weight is 273 g/mol. The van der Waals surface area contributed by atoms with Crippen molar-refractivity contribution >= 4 is 27.4 Å². The maximum Gasteiger partial charge on any atom is 0.267 e. The first-order valence-electron chi connectivity index (χ1n) is 5.84. The minimum Gasteiger partial charge on any atom is -0.350 e. The van der Waals surface area contributed by atoms with Crippen molar-refractivity contribution in [1.82, 2.24) is 10.7 Å². The fourth-order valence-corrected chi connectivity index (χ4v) is 3.80. The van der Waals surface area contributed by atoms with E-state index in [1.54, 1.807) is 0 Å². The van der Waals surface area contributed by atoms with Crippen molar-refractivity contribution in [2.75, 3.05) is 12.3 Å². The summed E-state index contributed by atoms with van der Waals surface area (Å²) in [6.07, 6.45) is 1.76. The maximum absolute atomic E-state index is 11.7. The van der Waals surface area contributed by atoms with Crippen LogP contribution in [-0.2, 0) is 19.4 Å². The van der Waals surface area contributed by atoms with E-state index in [1.807, 2.05) is 0 Å². The minimum absolute atomic E-state index is 0.119. The highest BCUT2D eigenvalue weighted by atomic mass is 32.2. The number of hydrogen-bond acceptors (Lipinski definition) is 5. The number of hydrazone groups is 1. The fraction of sp³-hybridized carbons (Fsp3) is 0.700. The molecule has 2 amide bonds. The van der Waals surface area contributed by atoms with Crippen molar-refractivity contribution in [3.8, 4) is 0 Å². The first kappa shape index (κ1) is 13.0. The molecule has 1 unspecified atom stereocenters. The SMILES string of the molecule is O=C1CCC(C(=O)NCC2CCCS2(=O)=O)=NN1. The Morgan fingerprint density at radius 1 is 1.44 bits per heavy atom. The second kappa shape index (κ2) is 5.05. The molecule has 0 aliphatic carbocycles. The molecule has 2 N–H and O–H groups in total. The third kappa shape index (κ3) is 2.87. The van der Waals surface area contributed by atoms with Crippen molar-refractivity contribution in [3.63, 3.8) is 0 Å². The summed E-state index contributed by atoms with van der Waals surface area (Å²) in [7, 11) is -3.05. The molecule has 18 heavy (non-hydrogen) atoms. The van der Waals surface area contributed by atoms with E-state index in [1.165, 1.54) is 0 Å². The molecule has 0 aromatic heterocycles. The van der Waals surface area contributed by atoms with Crippen molar-refractivity contribution in [2.45, 2.75) is 30.9 Å². The Morgan fingerprint density at radius 2 is 2.22 bits per heavy atom. The van der Waals surface area contributed by atoms with E-state index in [4.69, 9.17) is 0 Å². The van der Waals surface area contributed by atoms with Crippen LogP contribution in [0.25, 0.3) is 0 Å². The molecule has 0 spiro atoms. The van der Waals surface area contributed by atoms with E-state index in [2.05, 4.69) is 15.8 Å².